The molecule has 1 radical (unpaired) electrons. The Kier molecular flexibility index (Phi) is 1700. The third-order valence-corrected chi connectivity index (χ3v) is 0. The van der Waals surface area contributed by atoms with Crippen LogP contribution in [0.3, 0.4) is 0 Å². The van der Waals surface area contributed by atoms with Crippen LogP contribution in [0, 0.1) is 30.6 Å². The van der Waals surface area contributed by atoms with Gasteiger partial charge in [0.25, 0.3) is 0 Å². The van der Waals surface area contributed by atoms with Crippen molar-refractivity contribution in [1.82, 2.24) is 0 Å². The van der Waals surface area contributed by atoms with Crippen molar-refractivity contribution in [3.63, 3.8) is 0 Å². The summed E-state index contributed by atoms with van der Waals surface area (Å²) in [6.45, 7) is 0. The molecule has 0 spiro atoms. The van der Waals surface area contributed by atoms with Crippen molar-refractivity contribution < 1.29 is 76.5 Å². The minimum Gasteiger partial charge on any atom is -0.412 e. The van der Waals surface area contributed by atoms with Gasteiger partial charge < -0.3 is 79.9 Å². The van der Waals surface area contributed by atoms with Crippen LogP contribution < -0.4 is 0 Å². The fourth-order valence-corrected chi connectivity index (χ4v) is 0. The molecule has 0 aliphatic rings. The summed E-state index contributed by atoms with van der Waals surface area (Å²) in [7, 11) is 0. The first kappa shape index (κ1) is 193. The van der Waals surface area contributed by atoms with E-state index in [4.69, 9.17) is 30.6 Å². The Balaban J connectivity index is -0.00000000257. The summed E-state index contributed by atoms with van der Waals surface area (Å²) >= 11 is 0. The van der Waals surface area contributed by atoms with Gasteiger partial charge in [0.05, 0.1) is 10.2 Å². The van der Waals surface area contributed by atoms with Crippen LogP contribution in [0.5, 0.6) is 0 Å². The fourth-order valence-electron chi connectivity index (χ4n) is 0. The van der Waals surface area contributed by atoms with Gasteiger partial charge in [-0.05, 0) is 0 Å². The Bertz CT molecular complexity index is 72.5. The molecule has 0 saturated carbocycles. The molecule has 18 heavy (non-hydrogen) atoms. The minimum atomic E-state index is -1.75. The molecule has 18 N–H and O–H groups in total. The summed E-state index contributed by atoms with van der Waals surface area (Å²) in [5.74, 6) is 0. The van der Waals surface area contributed by atoms with Gasteiger partial charge in [-0.25, -0.2) is 0 Å². The van der Waals surface area contributed by atoms with Crippen molar-refractivity contribution in [2.75, 3.05) is 0 Å². The predicted molar refractivity (Wildman–Crippen MR) is 53.2 cm³/mol. The second kappa shape index (κ2) is 159. The van der Waals surface area contributed by atoms with Crippen LogP contribution in [0.2, 0.25) is 0 Å². The third kappa shape index (κ3) is 1290. The van der Waals surface area contributed by atoms with E-state index in [0.717, 1.165) is 0 Å². The summed E-state index contributed by atoms with van der Waals surface area (Å²) in [4.78, 5) is 16.5. The molecule has 0 saturated heterocycles. The van der Waals surface area contributed by atoms with Crippen molar-refractivity contribution in [3.05, 3.63) is 30.6 Å². The second-order valence-electron chi connectivity index (χ2n) is 0.447. The van der Waals surface area contributed by atoms with E-state index < -0.39 is 10.2 Å². The molecule has 0 aromatic carbocycles. The number of rotatable bonds is 0. The molecule has 0 unspecified atom stereocenters. The number of hydrogen-bond donors (Lipinski definition) is 0. The zero-order valence-corrected chi connectivity index (χ0v) is 9.09. The summed E-state index contributed by atoms with van der Waals surface area (Å²) in [5.41, 5.74) is 0. The average Bonchev–Trinajstić information content (AvgIpc) is 1.25. The fraction of sp³-hybridized carbons (Fsp3) is 0. The number of nitrogens with zero attached hydrogens (tertiary/aromatic N) is 2. The van der Waals surface area contributed by atoms with Gasteiger partial charge in [-0.1, -0.05) is 0 Å². The van der Waals surface area contributed by atoms with E-state index in [1.54, 1.807) is 0 Å². The first-order valence-electron chi connectivity index (χ1n) is 1.10. The molecular weight excluding hydrogens is 332 g/mol. The van der Waals surface area contributed by atoms with Crippen LogP contribution >= 0.6 is 0 Å². The Morgan fingerprint density at radius 3 is 0.444 bits per heavy atom. The van der Waals surface area contributed by atoms with E-state index in [1.165, 1.54) is 0 Å². The Morgan fingerprint density at radius 2 is 0.444 bits per heavy atom. The van der Waals surface area contributed by atoms with Gasteiger partial charge >= 0.3 is 17.1 Å². The maximum Gasteiger partial charge on any atom is 2.00 e. The van der Waals surface area contributed by atoms with Gasteiger partial charge in [0.2, 0.25) is 0 Å². The van der Waals surface area contributed by atoms with Crippen molar-refractivity contribution >= 4 is 0 Å². The molecular formula is H18CuN2O15. The molecule has 0 aromatic heterocycles. The normalized spacial score (nSPS) is 2.67. The topological polar surface area (TPSA) is 416 Å². The van der Waals surface area contributed by atoms with Crippen molar-refractivity contribution in [1.29, 1.82) is 0 Å². The van der Waals surface area contributed by atoms with E-state index in [2.05, 4.69) is 0 Å². The van der Waals surface area contributed by atoms with Crippen LogP contribution in [-0.4, -0.2) is 59.5 Å². The molecule has 0 aliphatic heterocycles. The van der Waals surface area contributed by atoms with Gasteiger partial charge in [0.15, 0.2) is 0 Å². The van der Waals surface area contributed by atoms with E-state index in [9.17, 15) is 0 Å². The van der Waals surface area contributed by atoms with Crippen LogP contribution in [0.4, 0.5) is 0 Å². The molecule has 0 rings (SSSR count). The second-order valence-corrected chi connectivity index (χ2v) is 0.447. The first-order chi connectivity index (χ1) is 3.46. The summed E-state index contributed by atoms with van der Waals surface area (Å²) in [5, 5.41) is 29.5. The smallest absolute Gasteiger partial charge is 0.412 e. The largest absolute Gasteiger partial charge is 2.00 e. The standard InChI is InChI=1S/Cu.2NO3.9H2O/c;2*2-1(3)4;;;;;;;;;/h;;;9*1H2/q+2;2*-1;;;;;;;;;. The molecule has 0 bridgehead atoms. The number of hydrogen-bond acceptors (Lipinski definition) is 6. The van der Waals surface area contributed by atoms with E-state index >= 15 is 0 Å². The van der Waals surface area contributed by atoms with Gasteiger partial charge in [-0.2, -0.15) is 0 Å². The SMILES string of the molecule is O.O.O.O.O.O.O.O.O.O=[N+]([O-])[O-].O=[N+]([O-])[O-].[Cu+2]. The Morgan fingerprint density at radius 1 is 0.444 bits per heavy atom. The zero-order valence-electron chi connectivity index (χ0n) is 8.15. The van der Waals surface area contributed by atoms with Crippen molar-refractivity contribution in [3.8, 4) is 0 Å². The van der Waals surface area contributed by atoms with Crippen LogP contribution in [0.1, 0.15) is 0 Å². The Labute approximate surface area is 108 Å². The maximum atomic E-state index is 8.25. The van der Waals surface area contributed by atoms with Crippen LogP contribution in [-0.2, 0) is 17.1 Å². The van der Waals surface area contributed by atoms with Crippen LogP contribution in [0.25, 0.3) is 0 Å². The summed E-state index contributed by atoms with van der Waals surface area (Å²) in [6, 6.07) is 0. The molecule has 129 valence electrons. The van der Waals surface area contributed by atoms with Crippen molar-refractivity contribution in [2.24, 2.45) is 0 Å². The van der Waals surface area contributed by atoms with Crippen molar-refractivity contribution in [2.45, 2.75) is 0 Å². The molecule has 0 heterocycles. The van der Waals surface area contributed by atoms with Gasteiger partial charge in [0, 0.05) is 0 Å². The quantitative estimate of drug-likeness (QED) is 0.231. The first-order valence-corrected chi connectivity index (χ1v) is 1.10. The molecule has 0 fully saturated rings. The minimum absolute atomic E-state index is 0. The monoisotopic (exact) mass is 349 g/mol. The molecule has 18 heteroatoms. The van der Waals surface area contributed by atoms with Crippen LogP contribution in [0.15, 0.2) is 0 Å². The van der Waals surface area contributed by atoms with E-state index in [0.29, 0.717) is 0 Å². The molecule has 0 aliphatic carbocycles. The van der Waals surface area contributed by atoms with E-state index in [1.807, 2.05) is 0 Å². The Hall–Kier alpha value is -1.44. The van der Waals surface area contributed by atoms with Gasteiger partial charge in [-0.3, -0.25) is 0 Å². The van der Waals surface area contributed by atoms with Gasteiger partial charge in [-0.15, -0.1) is 0 Å². The predicted octanol–water partition coefficient (Wildman–Crippen LogP) is -7.90. The van der Waals surface area contributed by atoms with Gasteiger partial charge in [0.1, 0.15) is 0 Å². The average molecular weight is 350 g/mol. The van der Waals surface area contributed by atoms with E-state index in [-0.39, 0.29) is 66.4 Å². The third-order valence-electron chi connectivity index (χ3n) is 0. The molecule has 0 aromatic rings. The molecule has 0 atom stereocenters. The summed E-state index contributed by atoms with van der Waals surface area (Å²) < 4.78 is 0. The molecule has 17 nitrogen and oxygen atoms in total. The summed E-state index contributed by atoms with van der Waals surface area (Å²) in [6.07, 6.45) is 0. The zero-order chi connectivity index (χ0) is 7.15. The molecule has 0 amide bonds. The maximum absolute atomic E-state index is 8.25.